The molecule has 5 nitrogen and oxygen atoms in total. The number of thiophene rings is 1. The molecule has 1 aromatic heterocycles. The third-order valence-corrected chi connectivity index (χ3v) is 3.05. The van der Waals surface area contributed by atoms with Gasteiger partial charge in [0, 0.05) is 12.3 Å². The molecular weight excluding hydrogens is 268 g/mol. The number of carbonyl (C=O) groups excluding carboxylic acids is 2. The van der Waals surface area contributed by atoms with E-state index in [2.05, 4.69) is 16.6 Å². The highest BCUT2D eigenvalue weighted by Gasteiger charge is 2.10. The second-order valence-electron chi connectivity index (χ2n) is 3.45. The van der Waals surface area contributed by atoms with E-state index in [4.69, 9.17) is 5.11 Å². The minimum absolute atomic E-state index is 0.0411. The fraction of sp³-hybridized carbons (Fsp3) is 0.308. The van der Waals surface area contributed by atoms with Crippen LogP contribution in [0.15, 0.2) is 12.1 Å². The second kappa shape index (κ2) is 7.34. The third kappa shape index (κ3) is 5.36. The zero-order valence-electron chi connectivity index (χ0n) is 10.3. The van der Waals surface area contributed by atoms with Gasteiger partial charge in [-0.05, 0) is 25.0 Å². The zero-order valence-corrected chi connectivity index (χ0v) is 11.1. The van der Waals surface area contributed by atoms with Gasteiger partial charge in [-0.15, -0.1) is 11.3 Å². The van der Waals surface area contributed by atoms with Crippen molar-refractivity contribution in [2.75, 3.05) is 6.61 Å². The Hall–Kier alpha value is -2.13. The smallest absolute Gasteiger partial charge is 0.384 e. The molecule has 0 unspecified atom stereocenters. The van der Waals surface area contributed by atoms with Crippen LogP contribution < -0.4 is 0 Å². The molecule has 0 saturated carbocycles. The second-order valence-corrected chi connectivity index (χ2v) is 4.54. The average Bonchev–Trinajstić information content (AvgIpc) is 2.82. The van der Waals surface area contributed by atoms with E-state index >= 15 is 0 Å². The van der Waals surface area contributed by atoms with E-state index in [1.165, 1.54) is 0 Å². The lowest BCUT2D eigenvalue weighted by molar-refractivity contribution is -0.137. The van der Waals surface area contributed by atoms with Crippen LogP contribution in [0, 0.1) is 11.8 Å². The summed E-state index contributed by atoms with van der Waals surface area (Å²) in [5.74, 6) is 3.03. The molecule has 6 heteroatoms. The summed E-state index contributed by atoms with van der Waals surface area (Å²) >= 11 is 1.13. The number of rotatable bonds is 5. The van der Waals surface area contributed by atoms with Crippen molar-refractivity contribution in [3.05, 3.63) is 21.9 Å². The summed E-state index contributed by atoms with van der Waals surface area (Å²) in [6, 6.07) is 3.19. The van der Waals surface area contributed by atoms with Crippen molar-refractivity contribution in [2.45, 2.75) is 19.8 Å². The number of aliphatic carboxylic acids is 1. The number of ether oxygens (including phenoxy) is 1. The number of hydrogen-bond acceptors (Lipinski definition) is 5. The predicted molar refractivity (Wildman–Crippen MR) is 69.0 cm³/mol. The van der Waals surface area contributed by atoms with Crippen molar-refractivity contribution < 1.29 is 24.2 Å². The summed E-state index contributed by atoms with van der Waals surface area (Å²) in [6.45, 7) is 1.95. The molecule has 1 rings (SSSR count). The molecule has 0 bridgehead atoms. The van der Waals surface area contributed by atoms with E-state index in [9.17, 15) is 14.4 Å². The number of carboxylic acid groups (broad SMARTS) is 1. The Morgan fingerprint density at radius 1 is 1.32 bits per heavy atom. The Morgan fingerprint density at radius 3 is 2.68 bits per heavy atom. The molecule has 0 radical (unpaired) electrons. The molecule has 0 saturated heterocycles. The SMILES string of the molecule is CCOC(=O)C#Cc1ccc(C(=O)CCC(=O)O)s1. The fourth-order valence-corrected chi connectivity index (χ4v) is 2.01. The summed E-state index contributed by atoms with van der Waals surface area (Å²) < 4.78 is 4.64. The Kier molecular flexibility index (Phi) is 5.76. The lowest BCUT2D eigenvalue weighted by Gasteiger charge is -1.93. The van der Waals surface area contributed by atoms with E-state index in [-0.39, 0.29) is 25.2 Å². The number of esters is 1. The Bertz CT molecular complexity index is 547. The molecule has 0 amide bonds. The maximum Gasteiger partial charge on any atom is 0.384 e. The molecule has 100 valence electrons. The Labute approximate surface area is 114 Å². The predicted octanol–water partition coefficient (Wildman–Crippen LogP) is 1.71. The quantitative estimate of drug-likeness (QED) is 0.504. The maximum atomic E-state index is 11.6. The first-order valence-electron chi connectivity index (χ1n) is 5.56. The van der Waals surface area contributed by atoms with Gasteiger partial charge >= 0.3 is 11.9 Å². The Balaban J connectivity index is 2.64. The van der Waals surface area contributed by atoms with Crippen molar-refractivity contribution in [2.24, 2.45) is 0 Å². The van der Waals surface area contributed by atoms with Crippen LogP contribution in [0.1, 0.15) is 34.3 Å². The van der Waals surface area contributed by atoms with Crippen LogP contribution in [0.25, 0.3) is 0 Å². The summed E-state index contributed by atoms with van der Waals surface area (Å²) in [5.41, 5.74) is 0. The summed E-state index contributed by atoms with van der Waals surface area (Å²) in [5, 5.41) is 8.49. The molecule has 0 spiro atoms. The standard InChI is InChI=1S/C13H12O5S/c1-2-18-13(17)8-4-9-3-6-11(19-9)10(14)5-7-12(15)16/h3,6H,2,5,7H2,1H3,(H,15,16). The van der Waals surface area contributed by atoms with Gasteiger partial charge in [0.2, 0.25) is 0 Å². The van der Waals surface area contributed by atoms with Gasteiger partial charge in [0.25, 0.3) is 0 Å². The van der Waals surface area contributed by atoms with Gasteiger partial charge in [0.1, 0.15) is 0 Å². The maximum absolute atomic E-state index is 11.6. The first-order chi connectivity index (χ1) is 9.02. The zero-order chi connectivity index (χ0) is 14.3. The molecule has 0 atom stereocenters. The fourth-order valence-electron chi connectivity index (χ4n) is 1.18. The minimum Gasteiger partial charge on any atom is -0.481 e. The highest BCUT2D eigenvalue weighted by molar-refractivity contribution is 7.14. The van der Waals surface area contributed by atoms with E-state index in [0.29, 0.717) is 9.75 Å². The molecule has 19 heavy (non-hydrogen) atoms. The number of hydrogen-bond donors (Lipinski definition) is 1. The number of ketones is 1. The topological polar surface area (TPSA) is 80.7 Å². The normalized spacial score (nSPS) is 9.32. The molecule has 1 heterocycles. The molecule has 0 aliphatic carbocycles. The van der Waals surface area contributed by atoms with Crippen LogP contribution >= 0.6 is 11.3 Å². The van der Waals surface area contributed by atoms with Crippen molar-refractivity contribution in [3.8, 4) is 11.8 Å². The highest BCUT2D eigenvalue weighted by atomic mass is 32.1. The van der Waals surface area contributed by atoms with Crippen molar-refractivity contribution >= 4 is 29.1 Å². The summed E-state index contributed by atoms with van der Waals surface area (Å²) in [6.07, 6.45) is -0.235. The highest BCUT2D eigenvalue weighted by Crippen LogP contribution is 2.17. The van der Waals surface area contributed by atoms with E-state index < -0.39 is 11.9 Å². The van der Waals surface area contributed by atoms with Gasteiger partial charge in [-0.1, -0.05) is 0 Å². The van der Waals surface area contributed by atoms with Gasteiger partial charge in [-0.3, -0.25) is 9.59 Å². The van der Waals surface area contributed by atoms with Gasteiger partial charge in [0.05, 0.1) is 22.8 Å². The molecule has 1 aromatic rings. The largest absolute Gasteiger partial charge is 0.481 e. The first-order valence-corrected chi connectivity index (χ1v) is 6.38. The van der Waals surface area contributed by atoms with Gasteiger partial charge < -0.3 is 9.84 Å². The number of Topliss-reactive ketones (excluding diaryl/α,β-unsaturated/α-hetero) is 1. The minimum atomic E-state index is -1.01. The van der Waals surface area contributed by atoms with Crippen LogP contribution in [0.2, 0.25) is 0 Å². The van der Waals surface area contributed by atoms with Crippen LogP contribution in [-0.4, -0.2) is 29.4 Å². The monoisotopic (exact) mass is 280 g/mol. The van der Waals surface area contributed by atoms with Gasteiger partial charge in [0.15, 0.2) is 5.78 Å². The van der Waals surface area contributed by atoms with Crippen molar-refractivity contribution in [1.29, 1.82) is 0 Å². The van der Waals surface area contributed by atoms with Gasteiger partial charge in [-0.2, -0.15) is 0 Å². The molecule has 0 aromatic carbocycles. The van der Waals surface area contributed by atoms with E-state index in [0.717, 1.165) is 11.3 Å². The van der Waals surface area contributed by atoms with E-state index in [1.807, 2.05) is 0 Å². The number of carbonyl (C=O) groups is 3. The number of carboxylic acids is 1. The summed E-state index contributed by atoms with van der Waals surface area (Å²) in [4.78, 5) is 34.0. The molecular formula is C13H12O5S. The molecule has 0 aliphatic rings. The van der Waals surface area contributed by atoms with Crippen LogP contribution in [-0.2, 0) is 14.3 Å². The van der Waals surface area contributed by atoms with E-state index in [1.54, 1.807) is 19.1 Å². The third-order valence-electron chi connectivity index (χ3n) is 2.01. The molecule has 0 aliphatic heterocycles. The molecule has 0 fully saturated rings. The lowest BCUT2D eigenvalue weighted by atomic mass is 10.2. The molecule has 1 N–H and O–H groups in total. The van der Waals surface area contributed by atoms with Crippen molar-refractivity contribution in [1.82, 2.24) is 0 Å². The van der Waals surface area contributed by atoms with Crippen molar-refractivity contribution in [3.63, 3.8) is 0 Å². The first kappa shape index (κ1) is 14.9. The Morgan fingerprint density at radius 2 is 2.05 bits per heavy atom. The average molecular weight is 280 g/mol. The van der Waals surface area contributed by atoms with Crippen LogP contribution in [0.4, 0.5) is 0 Å². The summed E-state index contributed by atoms with van der Waals surface area (Å²) in [7, 11) is 0. The van der Waals surface area contributed by atoms with Crippen LogP contribution in [0.3, 0.4) is 0 Å². The van der Waals surface area contributed by atoms with Gasteiger partial charge in [-0.25, -0.2) is 4.79 Å². The van der Waals surface area contributed by atoms with Crippen LogP contribution in [0.5, 0.6) is 0 Å². The lowest BCUT2D eigenvalue weighted by Crippen LogP contribution is -2.01.